The van der Waals surface area contributed by atoms with Crippen molar-refractivity contribution in [3.05, 3.63) is 34.6 Å². The van der Waals surface area contributed by atoms with Gasteiger partial charge in [0, 0.05) is 4.88 Å². The average Bonchev–Trinajstić information content (AvgIpc) is 2.72. The van der Waals surface area contributed by atoms with E-state index in [-0.39, 0.29) is 22.0 Å². The third kappa shape index (κ3) is 2.85. The number of hydrogen-bond donors (Lipinski definition) is 0. The summed E-state index contributed by atoms with van der Waals surface area (Å²) in [4.78, 5) is 4.60. The zero-order chi connectivity index (χ0) is 14.0. The second-order valence-electron chi connectivity index (χ2n) is 3.55. The van der Waals surface area contributed by atoms with Crippen LogP contribution in [-0.4, -0.2) is 11.6 Å². The van der Waals surface area contributed by atoms with Crippen molar-refractivity contribution < 1.29 is 17.9 Å². The molecular weight excluding hydrogens is 277 g/mol. The fraction of sp³-hybridized carbons (Fsp3) is 0.167. The van der Waals surface area contributed by atoms with Crippen molar-refractivity contribution in [3.63, 3.8) is 0 Å². The predicted octanol–water partition coefficient (Wildman–Crippen LogP) is 3.73. The molecule has 0 fully saturated rings. The maximum Gasteiger partial charge on any atom is 0.387 e. The molecule has 0 N–H and O–H groups in total. The SMILES string of the molecule is Cc1sc(-c2cc(F)ccc2OC(F)F)nc1C#N. The van der Waals surface area contributed by atoms with Gasteiger partial charge in [0.1, 0.15) is 22.6 Å². The van der Waals surface area contributed by atoms with Gasteiger partial charge in [0.15, 0.2) is 5.69 Å². The van der Waals surface area contributed by atoms with E-state index in [0.29, 0.717) is 4.88 Å². The van der Waals surface area contributed by atoms with Crippen LogP contribution in [0.5, 0.6) is 5.75 Å². The van der Waals surface area contributed by atoms with E-state index in [2.05, 4.69) is 9.72 Å². The van der Waals surface area contributed by atoms with Gasteiger partial charge in [0.05, 0.1) is 5.56 Å². The summed E-state index contributed by atoms with van der Waals surface area (Å²) in [5.41, 5.74) is 0.294. The van der Waals surface area contributed by atoms with Crippen molar-refractivity contribution in [2.75, 3.05) is 0 Å². The van der Waals surface area contributed by atoms with Crippen LogP contribution in [0.4, 0.5) is 13.2 Å². The first-order chi connectivity index (χ1) is 9.01. The van der Waals surface area contributed by atoms with Gasteiger partial charge in [-0.15, -0.1) is 11.3 Å². The molecular formula is C12H7F3N2OS. The summed E-state index contributed by atoms with van der Waals surface area (Å²) in [6.45, 7) is -1.34. The molecule has 0 bridgehead atoms. The topological polar surface area (TPSA) is 45.9 Å². The Labute approximate surface area is 110 Å². The first-order valence-corrected chi connectivity index (χ1v) is 5.95. The lowest BCUT2D eigenvalue weighted by Gasteiger charge is -2.08. The van der Waals surface area contributed by atoms with Crippen LogP contribution in [0.15, 0.2) is 18.2 Å². The maximum atomic E-state index is 13.2. The van der Waals surface area contributed by atoms with E-state index in [1.807, 2.05) is 6.07 Å². The molecule has 0 aliphatic rings. The number of aromatic nitrogens is 1. The van der Waals surface area contributed by atoms with Crippen LogP contribution >= 0.6 is 11.3 Å². The molecule has 98 valence electrons. The fourth-order valence-corrected chi connectivity index (χ4v) is 2.37. The maximum absolute atomic E-state index is 13.2. The number of hydrogen-bond acceptors (Lipinski definition) is 4. The Morgan fingerprint density at radius 1 is 1.42 bits per heavy atom. The average molecular weight is 284 g/mol. The Bertz CT molecular complexity index is 649. The summed E-state index contributed by atoms with van der Waals surface area (Å²) in [5, 5.41) is 9.08. The second-order valence-corrected chi connectivity index (χ2v) is 4.76. The van der Waals surface area contributed by atoms with E-state index in [4.69, 9.17) is 5.26 Å². The Morgan fingerprint density at radius 2 is 2.16 bits per heavy atom. The minimum atomic E-state index is -3.01. The molecule has 0 amide bonds. The van der Waals surface area contributed by atoms with Crippen LogP contribution < -0.4 is 4.74 Å². The Balaban J connectivity index is 2.53. The first-order valence-electron chi connectivity index (χ1n) is 5.13. The Kier molecular flexibility index (Phi) is 3.71. The third-order valence-electron chi connectivity index (χ3n) is 2.29. The lowest BCUT2D eigenvalue weighted by molar-refractivity contribution is -0.0494. The van der Waals surface area contributed by atoms with Gasteiger partial charge in [0.2, 0.25) is 0 Å². The summed E-state index contributed by atoms with van der Waals surface area (Å²) < 4.78 is 42.1. The van der Waals surface area contributed by atoms with Gasteiger partial charge < -0.3 is 4.74 Å². The van der Waals surface area contributed by atoms with Crippen LogP contribution in [0.1, 0.15) is 10.6 Å². The highest BCUT2D eigenvalue weighted by atomic mass is 32.1. The molecule has 0 atom stereocenters. The van der Waals surface area contributed by atoms with E-state index in [1.54, 1.807) is 6.92 Å². The number of rotatable bonds is 3. The van der Waals surface area contributed by atoms with Crippen LogP contribution in [0.25, 0.3) is 10.6 Å². The molecule has 0 spiro atoms. The number of thiazole rings is 1. The van der Waals surface area contributed by atoms with Crippen LogP contribution in [0.3, 0.4) is 0 Å². The van der Waals surface area contributed by atoms with Crippen molar-refractivity contribution in [2.24, 2.45) is 0 Å². The highest BCUT2D eigenvalue weighted by molar-refractivity contribution is 7.15. The largest absolute Gasteiger partial charge is 0.434 e. The van der Waals surface area contributed by atoms with E-state index >= 15 is 0 Å². The molecule has 1 heterocycles. The molecule has 0 aliphatic heterocycles. The molecule has 0 saturated carbocycles. The van der Waals surface area contributed by atoms with E-state index in [0.717, 1.165) is 29.5 Å². The second kappa shape index (κ2) is 5.28. The molecule has 7 heteroatoms. The summed E-state index contributed by atoms with van der Waals surface area (Å²) in [6.07, 6.45) is 0. The zero-order valence-electron chi connectivity index (χ0n) is 9.65. The van der Waals surface area contributed by atoms with Crippen LogP contribution in [0, 0.1) is 24.1 Å². The highest BCUT2D eigenvalue weighted by Gasteiger charge is 2.16. The minimum Gasteiger partial charge on any atom is -0.434 e. The lowest BCUT2D eigenvalue weighted by atomic mass is 10.2. The number of alkyl halides is 2. The van der Waals surface area contributed by atoms with Crippen LogP contribution in [-0.2, 0) is 0 Å². The van der Waals surface area contributed by atoms with E-state index in [9.17, 15) is 13.2 Å². The summed E-state index contributed by atoms with van der Waals surface area (Å²) in [5.74, 6) is -0.766. The molecule has 3 nitrogen and oxygen atoms in total. The Hall–Kier alpha value is -2.07. The number of halogens is 3. The molecule has 0 unspecified atom stereocenters. The standard InChI is InChI=1S/C12H7F3N2OS/c1-6-9(5-16)17-11(19-6)8-4-7(13)2-3-10(8)18-12(14)15/h2-4,12H,1H3. The number of ether oxygens (including phenoxy) is 1. The monoisotopic (exact) mass is 284 g/mol. The molecule has 2 aromatic rings. The molecule has 0 saturated heterocycles. The molecule has 1 aromatic carbocycles. The number of aryl methyl sites for hydroxylation is 1. The fourth-order valence-electron chi connectivity index (χ4n) is 1.48. The molecule has 0 aliphatic carbocycles. The quantitative estimate of drug-likeness (QED) is 0.862. The van der Waals surface area contributed by atoms with Gasteiger partial charge in [-0.25, -0.2) is 9.37 Å². The number of nitriles is 1. The minimum absolute atomic E-state index is 0.106. The smallest absolute Gasteiger partial charge is 0.387 e. The summed E-state index contributed by atoms with van der Waals surface area (Å²) in [7, 11) is 0. The van der Waals surface area contributed by atoms with Gasteiger partial charge in [-0.1, -0.05) is 0 Å². The highest BCUT2D eigenvalue weighted by Crippen LogP contribution is 2.35. The molecule has 19 heavy (non-hydrogen) atoms. The van der Waals surface area contributed by atoms with Crippen molar-refractivity contribution in [1.82, 2.24) is 4.98 Å². The molecule has 2 rings (SSSR count). The summed E-state index contributed by atoms with van der Waals surface area (Å²) >= 11 is 1.12. The Morgan fingerprint density at radius 3 is 2.74 bits per heavy atom. The van der Waals surface area contributed by atoms with Crippen molar-refractivity contribution in [3.8, 4) is 22.4 Å². The third-order valence-corrected chi connectivity index (χ3v) is 3.29. The van der Waals surface area contributed by atoms with Crippen molar-refractivity contribution >= 4 is 11.3 Å². The zero-order valence-corrected chi connectivity index (χ0v) is 10.5. The normalized spacial score (nSPS) is 10.5. The van der Waals surface area contributed by atoms with Gasteiger partial charge in [0.25, 0.3) is 0 Å². The van der Waals surface area contributed by atoms with E-state index in [1.165, 1.54) is 0 Å². The predicted molar refractivity (Wildman–Crippen MR) is 63.6 cm³/mol. The van der Waals surface area contributed by atoms with Crippen LogP contribution in [0.2, 0.25) is 0 Å². The van der Waals surface area contributed by atoms with Crippen molar-refractivity contribution in [1.29, 1.82) is 5.26 Å². The number of nitrogens with zero attached hydrogens (tertiary/aromatic N) is 2. The summed E-state index contributed by atoms with van der Waals surface area (Å²) in [6, 6.07) is 5.06. The molecule has 1 aromatic heterocycles. The van der Waals surface area contributed by atoms with Gasteiger partial charge in [-0.05, 0) is 25.1 Å². The van der Waals surface area contributed by atoms with Gasteiger partial charge in [-0.2, -0.15) is 14.0 Å². The van der Waals surface area contributed by atoms with E-state index < -0.39 is 12.4 Å². The lowest BCUT2D eigenvalue weighted by Crippen LogP contribution is -2.03. The molecule has 0 radical (unpaired) electrons. The van der Waals surface area contributed by atoms with Gasteiger partial charge >= 0.3 is 6.61 Å². The van der Waals surface area contributed by atoms with Crippen molar-refractivity contribution in [2.45, 2.75) is 13.5 Å². The van der Waals surface area contributed by atoms with Gasteiger partial charge in [-0.3, -0.25) is 0 Å². The number of benzene rings is 1. The first kappa shape index (κ1) is 13.4.